The van der Waals surface area contributed by atoms with Crippen molar-refractivity contribution in [1.82, 2.24) is 4.90 Å². The Morgan fingerprint density at radius 1 is 1.32 bits per heavy atom. The summed E-state index contributed by atoms with van der Waals surface area (Å²) in [5.41, 5.74) is 2.59. The summed E-state index contributed by atoms with van der Waals surface area (Å²) in [4.78, 5) is 2.07. The maximum Gasteiger partial charge on any atom is 0.133 e. The fraction of sp³-hybridized carbons (Fsp3) is 0.556. The van der Waals surface area contributed by atoms with Gasteiger partial charge in [0.05, 0.1) is 16.4 Å². The van der Waals surface area contributed by atoms with Crippen LogP contribution in [-0.4, -0.2) is 37.3 Å². The third kappa shape index (κ3) is 2.86. The van der Waals surface area contributed by atoms with Crippen LogP contribution in [0.25, 0.3) is 10.1 Å². The molecule has 0 bridgehead atoms. The average Bonchev–Trinajstić information content (AvgIpc) is 3.22. The van der Waals surface area contributed by atoms with Crippen molar-refractivity contribution < 1.29 is 4.39 Å². The zero-order chi connectivity index (χ0) is 15.1. The van der Waals surface area contributed by atoms with Crippen molar-refractivity contribution in [2.75, 3.05) is 25.5 Å². The Morgan fingerprint density at radius 2 is 2.18 bits per heavy atom. The first kappa shape index (κ1) is 14.5. The Hall–Kier alpha value is -1.13. The second-order valence-electron chi connectivity index (χ2n) is 6.91. The van der Waals surface area contributed by atoms with Crippen LogP contribution in [0.3, 0.4) is 0 Å². The number of piperidine rings is 1. The maximum absolute atomic E-state index is 14.3. The molecule has 4 heteroatoms. The van der Waals surface area contributed by atoms with E-state index in [-0.39, 0.29) is 6.04 Å². The number of halogens is 1. The molecule has 0 unspecified atom stereocenters. The van der Waals surface area contributed by atoms with E-state index in [4.69, 9.17) is 0 Å². The smallest absolute Gasteiger partial charge is 0.133 e. The summed E-state index contributed by atoms with van der Waals surface area (Å²) in [5.74, 6) is 0.901. The monoisotopic (exact) mass is 318 g/mol. The molecule has 2 aromatic rings. The maximum atomic E-state index is 14.3. The zero-order valence-electron chi connectivity index (χ0n) is 13.0. The van der Waals surface area contributed by atoms with Gasteiger partial charge in [-0.2, -0.15) is 0 Å². The van der Waals surface area contributed by atoms with E-state index in [0.717, 1.165) is 24.6 Å². The Labute approximate surface area is 135 Å². The van der Waals surface area contributed by atoms with Gasteiger partial charge in [0.1, 0.15) is 6.17 Å². The summed E-state index contributed by atoms with van der Waals surface area (Å²) in [6, 6.07) is 6.37. The molecule has 2 atom stereocenters. The number of hydrogen-bond donors (Lipinski definition) is 1. The van der Waals surface area contributed by atoms with E-state index in [1.54, 1.807) is 11.3 Å². The van der Waals surface area contributed by atoms with Crippen LogP contribution in [0.2, 0.25) is 0 Å². The highest BCUT2D eigenvalue weighted by molar-refractivity contribution is 7.18. The first-order valence-electron chi connectivity index (χ1n) is 8.29. The molecular weight excluding hydrogens is 295 g/mol. The number of fused-ring (bicyclic) bond motifs is 1. The van der Waals surface area contributed by atoms with Gasteiger partial charge in [0.2, 0.25) is 0 Å². The lowest BCUT2D eigenvalue weighted by molar-refractivity contribution is 0.149. The minimum Gasteiger partial charge on any atom is -0.378 e. The van der Waals surface area contributed by atoms with Crippen LogP contribution in [0.1, 0.15) is 24.8 Å². The van der Waals surface area contributed by atoms with Crippen molar-refractivity contribution in [3.8, 4) is 0 Å². The molecule has 4 rings (SSSR count). The van der Waals surface area contributed by atoms with E-state index in [1.807, 2.05) is 7.05 Å². The molecule has 1 N–H and O–H groups in total. The van der Waals surface area contributed by atoms with Crippen molar-refractivity contribution in [1.29, 1.82) is 0 Å². The van der Waals surface area contributed by atoms with Gasteiger partial charge in [-0.15, -0.1) is 11.3 Å². The summed E-state index contributed by atoms with van der Waals surface area (Å²) in [6.45, 7) is 1.50. The van der Waals surface area contributed by atoms with Crippen molar-refractivity contribution in [3.63, 3.8) is 0 Å². The van der Waals surface area contributed by atoms with Gasteiger partial charge in [0.15, 0.2) is 0 Å². The Kier molecular flexibility index (Phi) is 3.82. The molecule has 1 aliphatic heterocycles. The number of benzene rings is 1. The average molecular weight is 318 g/mol. The van der Waals surface area contributed by atoms with Crippen LogP contribution in [0.4, 0.5) is 10.1 Å². The Bertz CT molecular complexity index is 664. The lowest BCUT2D eigenvalue weighted by Gasteiger charge is -2.33. The van der Waals surface area contributed by atoms with E-state index in [2.05, 4.69) is 33.8 Å². The number of anilines is 1. The van der Waals surface area contributed by atoms with Crippen molar-refractivity contribution in [2.24, 2.45) is 5.92 Å². The first-order chi connectivity index (χ1) is 10.7. The normalized spacial score (nSPS) is 26.5. The van der Waals surface area contributed by atoms with Crippen LogP contribution in [0, 0.1) is 5.92 Å². The number of rotatable bonds is 4. The minimum atomic E-state index is -0.792. The second kappa shape index (κ2) is 5.82. The summed E-state index contributed by atoms with van der Waals surface area (Å²) < 4.78 is 15.6. The lowest BCUT2D eigenvalue weighted by atomic mass is 10.0. The van der Waals surface area contributed by atoms with Gasteiger partial charge in [0, 0.05) is 13.1 Å². The SMILES string of the molecule is CN1CC[C@@H](Nc2cccc3c(CC4CC4)csc23)[C@H](F)C1. The summed E-state index contributed by atoms with van der Waals surface area (Å²) in [5, 5.41) is 7.15. The van der Waals surface area contributed by atoms with Crippen molar-refractivity contribution in [2.45, 2.75) is 37.9 Å². The predicted octanol–water partition coefficient (Wildman–Crippen LogP) is 4.31. The number of nitrogens with zero attached hydrogens (tertiary/aromatic N) is 1. The third-order valence-corrected chi connectivity index (χ3v) is 6.05. The summed E-state index contributed by atoms with van der Waals surface area (Å²) >= 11 is 1.81. The molecular formula is C18H23FN2S. The van der Waals surface area contributed by atoms with E-state index < -0.39 is 6.17 Å². The molecule has 22 heavy (non-hydrogen) atoms. The number of nitrogens with one attached hydrogen (secondary N) is 1. The molecule has 118 valence electrons. The Morgan fingerprint density at radius 3 is 2.95 bits per heavy atom. The molecule has 2 heterocycles. The molecule has 1 aromatic carbocycles. The van der Waals surface area contributed by atoms with Crippen LogP contribution in [0.15, 0.2) is 23.6 Å². The standard InChI is InChI=1S/C18H23FN2S/c1-21-8-7-16(15(19)10-21)20-17-4-2-3-14-13(9-12-5-6-12)11-22-18(14)17/h2-4,11-12,15-16,20H,5-10H2,1H3/t15-,16-/m1/s1. The molecule has 1 saturated heterocycles. The van der Waals surface area contributed by atoms with Crippen LogP contribution < -0.4 is 5.32 Å². The van der Waals surface area contributed by atoms with E-state index in [9.17, 15) is 4.39 Å². The van der Waals surface area contributed by atoms with Gasteiger partial charge < -0.3 is 10.2 Å². The van der Waals surface area contributed by atoms with Gasteiger partial charge in [-0.3, -0.25) is 0 Å². The molecule has 2 fully saturated rings. The fourth-order valence-corrected chi connectivity index (χ4v) is 4.50. The number of alkyl halides is 1. The highest BCUT2D eigenvalue weighted by atomic mass is 32.1. The van der Waals surface area contributed by atoms with Crippen molar-refractivity contribution in [3.05, 3.63) is 29.1 Å². The fourth-order valence-electron chi connectivity index (χ4n) is 3.43. The zero-order valence-corrected chi connectivity index (χ0v) is 13.8. The molecule has 1 aliphatic carbocycles. The van der Waals surface area contributed by atoms with Gasteiger partial charge in [-0.25, -0.2) is 4.39 Å². The van der Waals surface area contributed by atoms with Crippen LogP contribution in [0.5, 0.6) is 0 Å². The summed E-state index contributed by atoms with van der Waals surface area (Å²) in [7, 11) is 1.99. The second-order valence-corrected chi connectivity index (χ2v) is 7.79. The van der Waals surface area contributed by atoms with Crippen LogP contribution >= 0.6 is 11.3 Å². The van der Waals surface area contributed by atoms with Gasteiger partial charge in [-0.05, 0) is 61.0 Å². The predicted molar refractivity (Wildman–Crippen MR) is 92.7 cm³/mol. The van der Waals surface area contributed by atoms with Gasteiger partial charge in [0.25, 0.3) is 0 Å². The molecule has 0 radical (unpaired) electrons. The molecule has 2 nitrogen and oxygen atoms in total. The molecule has 2 aliphatic rings. The Balaban J connectivity index is 1.57. The number of thiophene rings is 1. The highest BCUT2D eigenvalue weighted by Gasteiger charge is 2.28. The minimum absolute atomic E-state index is 0.0595. The molecule has 0 amide bonds. The largest absolute Gasteiger partial charge is 0.378 e. The van der Waals surface area contributed by atoms with E-state index >= 15 is 0 Å². The number of likely N-dealkylation sites (tertiary alicyclic amines) is 1. The van der Waals surface area contributed by atoms with E-state index in [1.165, 1.54) is 34.9 Å². The van der Waals surface area contributed by atoms with Gasteiger partial charge in [-0.1, -0.05) is 12.1 Å². The molecule has 1 saturated carbocycles. The summed E-state index contributed by atoms with van der Waals surface area (Å²) in [6.07, 6.45) is 4.06. The highest BCUT2D eigenvalue weighted by Crippen LogP contribution is 2.39. The lowest BCUT2D eigenvalue weighted by Crippen LogP contribution is -2.46. The van der Waals surface area contributed by atoms with E-state index in [0.29, 0.717) is 6.54 Å². The number of hydrogen-bond acceptors (Lipinski definition) is 3. The first-order valence-corrected chi connectivity index (χ1v) is 9.17. The molecule has 1 aromatic heterocycles. The third-order valence-electron chi connectivity index (χ3n) is 4.97. The van der Waals surface area contributed by atoms with Crippen LogP contribution in [-0.2, 0) is 6.42 Å². The topological polar surface area (TPSA) is 15.3 Å². The van der Waals surface area contributed by atoms with Gasteiger partial charge >= 0.3 is 0 Å². The van der Waals surface area contributed by atoms with Crippen molar-refractivity contribution >= 4 is 27.1 Å². The molecule has 0 spiro atoms. The quantitative estimate of drug-likeness (QED) is 0.904.